The lowest BCUT2D eigenvalue weighted by Gasteiger charge is -2.56. The van der Waals surface area contributed by atoms with E-state index in [1.54, 1.807) is 6.20 Å². The summed E-state index contributed by atoms with van der Waals surface area (Å²) in [7, 11) is 0. The maximum Gasteiger partial charge on any atom is 0.163 e. The fourth-order valence-corrected chi connectivity index (χ4v) is 11.0. The summed E-state index contributed by atoms with van der Waals surface area (Å²) in [5.74, 6) is 4.28. The zero-order chi connectivity index (χ0) is 36.1. The fraction of sp³-hybridized carbons (Fsp3) is 0.568. The van der Waals surface area contributed by atoms with Gasteiger partial charge in [0.05, 0.1) is 11.7 Å². The predicted molar refractivity (Wildman–Crippen MR) is 206 cm³/mol. The third-order valence-corrected chi connectivity index (χ3v) is 13.0. The number of rotatable bonds is 12. The highest BCUT2D eigenvalue weighted by molar-refractivity contribution is 6.09. The zero-order valence-corrected chi connectivity index (χ0v) is 31.6. The minimum atomic E-state index is 0.0198. The smallest absolute Gasteiger partial charge is 0.163 e. The summed E-state index contributed by atoms with van der Waals surface area (Å²) < 4.78 is 1.97. The molecule has 8 heteroatoms. The molecule has 0 radical (unpaired) electrons. The number of allylic oxidation sites excluding steroid dienone is 4. The normalized spacial score (nSPS) is 26.2. The lowest BCUT2D eigenvalue weighted by Crippen LogP contribution is -2.48. The first kappa shape index (κ1) is 35.1. The summed E-state index contributed by atoms with van der Waals surface area (Å²) >= 11 is 0. The molecule has 0 unspecified atom stereocenters. The van der Waals surface area contributed by atoms with E-state index in [0.717, 1.165) is 101 Å². The number of pyridine rings is 1. The van der Waals surface area contributed by atoms with Gasteiger partial charge >= 0.3 is 0 Å². The molecule has 1 aromatic carbocycles. The lowest BCUT2D eigenvalue weighted by molar-refractivity contribution is -0.127. The van der Waals surface area contributed by atoms with Crippen molar-refractivity contribution in [1.29, 1.82) is 0 Å². The molecule has 6 aliphatic rings. The number of aromatic nitrogens is 3. The van der Waals surface area contributed by atoms with E-state index in [1.807, 2.05) is 30.8 Å². The van der Waals surface area contributed by atoms with Gasteiger partial charge in [-0.15, -0.1) is 0 Å². The molecule has 2 aromatic heterocycles. The van der Waals surface area contributed by atoms with Gasteiger partial charge in [-0.2, -0.15) is 5.10 Å². The van der Waals surface area contributed by atoms with Crippen LogP contribution >= 0.6 is 0 Å². The Bertz CT molecular complexity index is 1910. The number of carbonyl (C=O) groups excluding carboxylic acids is 3. The molecule has 52 heavy (non-hydrogen) atoms. The van der Waals surface area contributed by atoms with E-state index in [9.17, 15) is 14.4 Å². The minimum absolute atomic E-state index is 0.0198. The highest BCUT2D eigenvalue weighted by Gasteiger charge is 2.51. The number of anilines is 1. The number of piperazine rings is 1. The second-order valence-electron chi connectivity index (χ2n) is 17.4. The van der Waals surface area contributed by atoms with Crippen LogP contribution < -0.4 is 4.90 Å². The van der Waals surface area contributed by atoms with Crippen molar-refractivity contribution in [1.82, 2.24) is 19.7 Å². The molecule has 1 aliphatic heterocycles. The van der Waals surface area contributed by atoms with Crippen LogP contribution in [0.2, 0.25) is 0 Å². The van der Waals surface area contributed by atoms with Gasteiger partial charge in [0.15, 0.2) is 11.6 Å². The molecule has 0 spiro atoms. The number of benzene rings is 1. The summed E-state index contributed by atoms with van der Waals surface area (Å²) in [6.07, 6.45) is 16.7. The Morgan fingerprint density at radius 1 is 0.904 bits per heavy atom. The van der Waals surface area contributed by atoms with Gasteiger partial charge in [-0.25, -0.2) is 4.98 Å². The largest absolute Gasteiger partial charge is 0.354 e. The number of fused-ring (bicyclic) bond motifs is 1. The van der Waals surface area contributed by atoms with Crippen molar-refractivity contribution in [2.45, 2.75) is 104 Å². The first-order valence-electron chi connectivity index (χ1n) is 19.9. The molecule has 3 aromatic rings. The van der Waals surface area contributed by atoms with Crippen LogP contribution in [0, 0.1) is 23.2 Å². The maximum absolute atomic E-state index is 13.8. The van der Waals surface area contributed by atoms with Gasteiger partial charge in [0, 0.05) is 87.2 Å². The van der Waals surface area contributed by atoms with Gasteiger partial charge in [-0.05, 0) is 137 Å². The van der Waals surface area contributed by atoms with Crippen molar-refractivity contribution in [3.8, 4) is 11.1 Å². The Kier molecular flexibility index (Phi) is 9.56. The van der Waals surface area contributed by atoms with Crippen LogP contribution in [0.4, 0.5) is 5.82 Å². The van der Waals surface area contributed by atoms with Crippen molar-refractivity contribution in [3.05, 3.63) is 65.0 Å². The van der Waals surface area contributed by atoms with Gasteiger partial charge < -0.3 is 4.90 Å². The monoisotopic (exact) mass is 701 g/mol. The first-order chi connectivity index (χ1) is 25.0. The van der Waals surface area contributed by atoms with Crippen molar-refractivity contribution >= 4 is 34.1 Å². The summed E-state index contributed by atoms with van der Waals surface area (Å²) in [4.78, 5) is 49.5. The van der Waals surface area contributed by atoms with Gasteiger partial charge in [0.1, 0.15) is 11.6 Å². The Hall–Kier alpha value is -3.91. The molecule has 4 bridgehead atoms. The van der Waals surface area contributed by atoms with Crippen molar-refractivity contribution in [2.75, 3.05) is 37.6 Å². The molecule has 3 heterocycles. The average molecular weight is 702 g/mol. The zero-order valence-electron chi connectivity index (χ0n) is 31.6. The first-order valence-corrected chi connectivity index (χ1v) is 19.9. The van der Waals surface area contributed by atoms with E-state index in [2.05, 4.69) is 53.0 Å². The molecule has 4 saturated carbocycles. The molecule has 0 N–H and O–H groups in total. The standard InChI is InChI=1S/C44H55N5O3/c1-28(2)49-40-21-35(20-38(39(40)27-46-49)41(51)7-6-37-30(4)15-29(3)16-42(37)52)34-5-8-43(45-26-34)48-13-11-47(12-14-48)10-9-36(50)25-44-22-31-17-32(23-44)19-33(18-31)24-44/h5,8,15,20-21,26-28,31-33H,6-7,9-14,16-19,22-25H2,1-4H3. The van der Waals surface area contributed by atoms with Crippen molar-refractivity contribution < 1.29 is 14.4 Å². The summed E-state index contributed by atoms with van der Waals surface area (Å²) in [5.41, 5.74) is 6.60. The number of ketones is 3. The molecule has 274 valence electrons. The van der Waals surface area contributed by atoms with Crippen LogP contribution in [-0.2, 0) is 9.59 Å². The van der Waals surface area contributed by atoms with Crippen LogP contribution in [0.25, 0.3) is 22.0 Å². The topological polar surface area (TPSA) is 88.4 Å². The fourth-order valence-electron chi connectivity index (χ4n) is 11.0. The molecular weight excluding hydrogens is 647 g/mol. The quantitative estimate of drug-likeness (QED) is 0.175. The third-order valence-electron chi connectivity index (χ3n) is 13.0. The molecule has 0 amide bonds. The van der Waals surface area contributed by atoms with Gasteiger partial charge in [-0.3, -0.25) is 24.0 Å². The Morgan fingerprint density at radius 2 is 1.62 bits per heavy atom. The van der Waals surface area contributed by atoms with Gasteiger partial charge in [0.2, 0.25) is 0 Å². The van der Waals surface area contributed by atoms with Crippen LogP contribution in [0.3, 0.4) is 0 Å². The van der Waals surface area contributed by atoms with Crippen LogP contribution in [0.1, 0.15) is 115 Å². The Labute approximate surface area is 308 Å². The number of hydrogen-bond acceptors (Lipinski definition) is 7. The highest BCUT2D eigenvalue weighted by atomic mass is 16.1. The molecule has 9 rings (SSSR count). The molecule has 8 nitrogen and oxygen atoms in total. The molecule has 1 saturated heterocycles. The molecule has 5 fully saturated rings. The predicted octanol–water partition coefficient (Wildman–Crippen LogP) is 8.57. The van der Waals surface area contributed by atoms with Gasteiger partial charge in [-0.1, -0.05) is 11.6 Å². The lowest BCUT2D eigenvalue weighted by atomic mass is 9.48. The van der Waals surface area contributed by atoms with Crippen LogP contribution in [0.5, 0.6) is 0 Å². The molecule has 5 aliphatic carbocycles. The van der Waals surface area contributed by atoms with E-state index in [1.165, 1.54) is 38.5 Å². The van der Waals surface area contributed by atoms with Crippen LogP contribution in [-0.4, -0.2) is 69.7 Å². The minimum Gasteiger partial charge on any atom is -0.354 e. The number of carbonyl (C=O) groups is 3. The summed E-state index contributed by atoms with van der Waals surface area (Å²) in [6, 6.07) is 8.42. The Balaban J connectivity index is 0.902. The number of nitrogens with zero attached hydrogens (tertiary/aromatic N) is 5. The Morgan fingerprint density at radius 3 is 2.25 bits per heavy atom. The van der Waals surface area contributed by atoms with Gasteiger partial charge in [0.25, 0.3) is 0 Å². The second kappa shape index (κ2) is 14.1. The highest BCUT2D eigenvalue weighted by Crippen LogP contribution is 2.61. The summed E-state index contributed by atoms with van der Waals surface area (Å²) in [6.45, 7) is 12.7. The number of hydrogen-bond donors (Lipinski definition) is 0. The SMILES string of the molecule is CC1=CC(C)=C(CCC(=O)c2cc(-c3ccc(N4CCN(CCC(=O)CC56CC7CC(CC(C7)C5)C6)CC4)nc3)cc3c2cnn3C(C)C)C(=O)C1. The average Bonchev–Trinajstić information content (AvgIpc) is 3.54. The van der Waals surface area contributed by atoms with Crippen LogP contribution in [0.15, 0.2) is 59.5 Å². The second-order valence-corrected chi connectivity index (χ2v) is 17.4. The van der Waals surface area contributed by atoms with Crippen molar-refractivity contribution in [3.63, 3.8) is 0 Å². The summed E-state index contributed by atoms with van der Waals surface area (Å²) in [5, 5.41) is 5.49. The maximum atomic E-state index is 13.8. The van der Waals surface area contributed by atoms with Crippen molar-refractivity contribution in [2.24, 2.45) is 23.2 Å². The molecular formula is C44H55N5O3. The molecule has 0 atom stereocenters. The number of Topliss-reactive ketones (excluding diaryl/α,β-unsaturated/α-hetero) is 3. The van der Waals surface area contributed by atoms with E-state index in [0.29, 0.717) is 36.0 Å². The van der Waals surface area contributed by atoms with E-state index < -0.39 is 0 Å². The van der Waals surface area contributed by atoms with E-state index in [4.69, 9.17) is 4.98 Å². The van der Waals surface area contributed by atoms with E-state index >= 15 is 0 Å². The van der Waals surface area contributed by atoms with E-state index in [-0.39, 0.29) is 24.0 Å². The third kappa shape index (κ3) is 7.07.